The molecule has 2 nitrogen and oxygen atoms in total. The number of rotatable bonds is 2. The highest BCUT2D eigenvalue weighted by atomic mass is 35.5. The maximum Gasteiger partial charge on any atom is 0.138 e. The average molecular weight is 242 g/mol. The van der Waals surface area contributed by atoms with Gasteiger partial charge in [0.2, 0.25) is 0 Å². The van der Waals surface area contributed by atoms with Crippen LogP contribution in [0.1, 0.15) is 12.0 Å². The average Bonchev–Trinajstić information content (AvgIpc) is 2.27. The lowest BCUT2D eigenvalue weighted by atomic mass is 9.91. The molecule has 1 aromatic rings. The molecule has 16 heavy (non-hydrogen) atoms. The molecule has 0 saturated carbocycles. The van der Waals surface area contributed by atoms with Gasteiger partial charge in [0.25, 0.3) is 0 Å². The van der Waals surface area contributed by atoms with E-state index in [0.717, 1.165) is 6.54 Å². The Balaban J connectivity index is 2.13. The van der Waals surface area contributed by atoms with Gasteiger partial charge < -0.3 is 5.32 Å². The largest absolute Gasteiger partial charge is 0.316 e. The van der Waals surface area contributed by atoms with E-state index in [1.165, 1.54) is 18.2 Å². The number of ketones is 1. The molecular formula is C12H13ClFNO. The van der Waals surface area contributed by atoms with Crippen molar-refractivity contribution in [1.29, 1.82) is 0 Å². The molecule has 1 atom stereocenters. The van der Waals surface area contributed by atoms with Crippen molar-refractivity contribution in [2.75, 3.05) is 13.1 Å². The molecule has 4 heteroatoms. The second-order valence-corrected chi connectivity index (χ2v) is 4.46. The summed E-state index contributed by atoms with van der Waals surface area (Å²) in [6.45, 7) is 1.40. The van der Waals surface area contributed by atoms with Gasteiger partial charge in [-0.1, -0.05) is 11.6 Å². The predicted octanol–water partition coefficient (Wildman–Crippen LogP) is 2.20. The lowest BCUT2D eigenvalue weighted by Crippen LogP contribution is -2.38. The van der Waals surface area contributed by atoms with Gasteiger partial charge in [0.15, 0.2) is 0 Å². The number of piperidine rings is 1. The summed E-state index contributed by atoms with van der Waals surface area (Å²) in [5.74, 6) is -0.150. The molecule has 1 aliphatic heterocycles. The standard InChI is InChI=1S/C12H13ClFNO/c13-11-2-1-10(14)6-8(11)5-9-7-15-4-3-12(9)16/h1-2,6,9,15H,3-5,7H2. The normalized spacial score (nSPS) is 21.1. The summed E-state index contributed by atoms with van der Waals surface area (Å²) in [7, 11) is 0. The van der Waals surface area contributed by atoms with Gasteiger partial charge in [-0.25, -0.2) is 4.39 Å². The Bertz CT molecular complexity index is 408. The molecule has 1 heterocycles. The van der Waals surface area contributed by atoms with E-state index >= 15 is 0 Å². The Labute approximate surface area is 98.8 Å². The van der Waals surface area contributed by atoms with E-state index < -0.39 is 0 Å². The van der Waals surface area contributed by atoms with Gasteiger partial charge in [-0.3, -0.25) is 4.79 Å². The third-order valence-corrected chi connectivity index (χ3v) is 3.24. The van der Waals surface area contributed by atoms with E-state index in [1.54, 1.807) is 0 Å². The molecule has 2 rings (SSSR count). The van der Waals surface area contributed by atoms with E-state index in [0.29, 0.717) is 30.0 Å². The Morgan fingerprint density at radius 3 is 3.06 bits per heavy atom. The lowest BCUT2D eigenvalue weighted by molar-refractivity contribution is -0.123. The molecule has 0 radical (unpaired) electrons. The number of carbonyl (C=O) groups excluding carboxylic acids is 1. The van der Waals surface area contributed by atoms with Gasteiger partial charge >= 0.3 is 0 Å². The van der Waals surface area contributed by atoms with Crippen LogP contribution in [0.2, 0.25) is 5.02 Å². The number of benzene rings is 1. The molecule has 1 N–H and O–H groups in total. The van der Waals surface area contributed by atoms with Crippen molar-refractivity contribution in [3.63, 3.8) is 0 Å². The van der Waals surface area contributed by atoms with Crippen LogP contribution in [0.4, 0.5) is 4.39 Å². The molecular weight excluding hydrogens is 229 g/mol. The van der Waals surface area contributed by atoms with E-state index in [4.69, 9.17) is 11.6 Å². The van der Waals surface area contributed by atoms with E-state index in [9.17, 15) is 9.18 Å². The van der Waals surface area contributed by atoms with Crippen molar-refractivity contribution >= 4 is 17.4 Å². The second kappa shape index (κ2) is 4.93. The molecule has 1 aromatic carbocycles. The minimum Gasteiger partial charge on any atom is -0.316 e. The first-order valence-corrected chi connectivity index (χ1v) is 5.72. The van der Waals surface area contributed by atoms with Crippen LogP contribution in [-0.4, -0.2) is 18.9 Å². The first kappa shape index (κ1) is 11.6. The first-order valence-electron chi connectivity index (χ1n) is 5.34. The maximum atomic E-state index is 13.0. The highest BCUT2D eigenvalue weighted by Crippen LogP contribution is 2.22. The number of nitrogens with one attached hydrogen (secondary N) is 1. The molecule has 1 fully saturated rings. The van der Waals surface area contributed by atoms with Gasteiger partial charge in [-0.15, -0.1) is 0 Å². The van der Waals surface area contributed by atoms with Crippen LogP contribution in [-0.2, 0) is 11.2 Å². The van der Waals surface area contributed by atoms with Gasteiger partial charge in [0.1, 0.15) is 11.6 Å². The van der Waals surface area contributed by atoms with Crippen LogP contribution >= 0.6 is 11.6 Å². The predicted molar refractivity (Wildman–Crippen MR) is 61.1 cm³/mol. The number of hydrogen-bond acceptors (Lipinski definition) is 2. The highest BCUT2D eigenvalue weighted by Gasteiger charge is 2.22. The zero-order valence-corrected chi connectivity index (χ0v) is 9.56. The Hall–Kier alpha value is -0.930. The smallest absolute Gasteiger partial charge is 0.138 e. The number of hydrogen-bond donors (Lipinski definition) is 1. The third-order valence-electron chi connectivity index (χ3n) is 2.87. The fourth-order valence-corrected chi connectivity index (χ4v) is 2.15. The van der Waals surface area contributed by atoms with E-state index in [2.05, 4.69) is 5.32 Å². The summed E-state index contributed by atoms with van der Waals surface area (Å²) >= 11 is 5.96. The summed E-state index contributed by atoms with van der Waals surface area (Å²) in [6, 6.07) is 4.27. The van der Waals surface area contributed by atoms with Crippen molar-refractivity contribution in [2.24, 2.45) is 5.92 Å². The summed E-state index contributed by atoms with van der Waals surface area (Å²) < 4.78 is 13.0. The van der Waals surface area contributed by atoms with E-state index in [-0.39, 0.29) is 17.5 Å². The summed E-state index contributed by atoms with van der Waals surface area (Å²) in [4.78, 5) is 11.6. The Morgan fingerprint density at radius 2 is 2.31 bits per heavy atom. The molecule has 1 aliphatic rings. The molecule has 1 saturated heterocycles. The SMILES string of the molecule is O=C1CCNCC1Cc1cc(F)ccc1Cl. The van der Waals surface area contributed by atoms with Crippen LogP contribution in [0.5, 0.6) is 0 Å². The highest BCUT2D eigenvalue weighted by molar-refractivity contribution is 6.31. The van der Waals surface area contributed by atoms with Crippen LogP contribution in [0, 0.1) is 11.7 Å². The zero-order chi connectivity index (χ0) is 11.5. The van der Waals surface area contributed by atoms with Crippen LogP contribution in [0.3, 0.4) is 0 Å². The molecule has 1 unspecified atom stereocenters. The van der Waals surface area contributed by atoms with Crippen molar-refractivity contribution in [1.82, 2.24) is 5.32 Å². The van der Waals surface area contributed by atoms with Gasteiger partial charge in [-0.05, 0) is 30.2 Å². The minimum absolute atomic E-state index is 0.0759. The van der Waals surface area contributed by atoms with E-state index in [1.807, 2.05) is 0 Å². The number of carbonyl (C=O) groups is 1. The van der Waals surface area contributed by atoms with Crippen molar-refractivity contribution in [2.45, 2.75) is 12.8 Å². The topological polar surface area (TPSA) is 29.1 Å². The first-order chi connectivity index (χ1) is 7.66. The summed E-state index contributed by atoms with van der Waals surface area (Å²) in [6.07, 6.45) is 1.07. The monoisotopic (exact) mass is 241 g/mol. The van der Waals surface area contributed by atoms with Crippen LogP contribution in [0.25, 0.3) is 0 Å². The quantitative estimate of drug-likeness (QED) is 0.860. The van der Waals surface area contributed by atoms with Crippen molar-refractivity contribution in [3.8, 4) is 0 Å². The summed E-state index contributed by atoms with van der Waals surface area (Å²) in [5.41, 5.74) is 0.712. The van der Waals surface area contributed by atoms with Crippen LogP contribution in [0.15, 0.2) is 18.2 Å². The molecule has 86 valence electrons. The minimum atomic E-state index is -0.310. The number of Topliss-reactive ketones (excluding diaryl/α,β-unsaturated/α-hetero) is 1. The molecule has 0 bridgehead atoms. The zero-order valence-electron chi connectivity index (χ0n) is 8.80. The van der Waals surface area contributed by atoms with Gasteiger partial charge in [0.05, 0.1) is 0 Å². The van der Waals surface area contributed by atoms with Crippen molar-refractivity contribution in [3.05, 3.63) is 34.6 Å². The second-order valence-electron chi connectivity index (χ2n) is 4.06. The van der Waals surface area contributed by atoms with Gasteiger partial charge in [-0.2, -0.15) is 0 Å². The molecule has 0 aliphatic carbocycles. The Kier molecular flexibility index (Phi) is 3.56. The van der Waals surface area contributed by atoms with Crippen molar-refractivity contribution < 1.29 is 9.18 Å². The number of halogens is 2. The Morgan fingerprint density at radius 1 is 1.50 bits per heavy atom. The fourth-order valence-electron chi connectivity index (χ4n) is 1.96. The molecule has 0 spiro atoms. The summed E-state index contributed by atoms with van der Waals surface area (Å²) in [5, 5.41) is 3.69. The lowest BCUT2D eigenvalue weighted by Gasteiger charge is -2.21. The third kappa shape index (κ3) is 2.60. The molecule has 0 aromatic heterocycles. The molecule has 0 amide bonds. The maximum absolute atomic E-state index is 13.0. The fraction of sp³-hybridized carbons (Fsp3) is 0.417. The van der Waals surface area contributed by atoms with Gasteiger partial charge in [0, 0.05) is 30.5 Å². The van der Waals surface area contributed by atoms with Crippen LogP contribution < -0.4 is 5.32 Å².